The number of nitrogens with one attached hydrogen (secondary N) is 1. The highest BCUT2D eigenvalue weighted by atomic mass is 35.5. The molecule has 3 aromatic rings. The van der Waals surface area contributed by atoms with E-state index in [-0.39, 0.29) is 6.04 Å². The second kappa shape index (κ2) is 8.15. The molecular formula is C21H21ClN2O. The van der Waals surface area contributed by atoms with Gasteiger partial charge in [-0.1, -0.05) is 35.9 Å². The predicted octanol–water partition coefficient (Wildman–Crippen LogP) is 5.26. The molecule has 0 saturated heterocycles. The van der Waals surface area contributed by atoms with Crippen molar-refractivity contribution in [2.24, 2.45) is 0 Å². The first kappa shape index (κ1) is 17.5. The van der Waals surface area contributed by atoms with Gasteiger partial charge in [0.2, 0.25) is 0 Å². The number of benzene rings is 2. The van der Waals surface area contributed by atoms with Gasteiger partial charge in [0.25, 0.3) is 0 Å². The quantitative estimate of drug-likeness (QED) is 0.657. The highest BCUT2D eigenvalue weighted by Gasteiger charge is 2.08. The molecule has 0 radical (unpaired) electrons. The first-order valence-electron chi connectivity index (χ1n) is 8.23. The number of hydrogen-bond acceptors (Lipinski definition) is 3. The molecule has 3 rings (SSSR count). The Morgan fingerprint density at radius 2 is 2.00 bits per heavy atom. The van der Waals surface area contributed by atoms with Gasteiger partial charge in [0.1, 0.15) is 5.75 Å². The van der Waals surface area contributed by atoms with Crippen molar-refractivity contribution in [3.63, 3.8) is 0 Å². The molecule has 0 aliphatic carbocycles. The summed E-state index contributed by atoms with van der Waals surface area (Å²) in [6.07, 6.45) is 3.59. The van der Waals surface area contributed by atoms with Gasteiger partial charge in [0.15, 0.2) is 0 Å². The molecule has 2 aromatic carbocycles. The van der Waals surface area contributed by atoms with Crippen LogP contribution in [0.2, 0.25) is 5.02 Å². The van der Waals surface area contributed by atoms with Crippen LogP contribution >= 0.6 is 11.6 Å². The van der Waals surface area contributed by atoms with Gasteiger partial charge in [-0.15, -0.1) is 0 Å². The Kier molecular flexibility index (Phi) is 5.69. The first-order valence-corrected chi connectivity index (χ1v) is 8.61. The standard InChI is InChI=1S/C21H21ClN2O/c1-15(17-5-3-7-19(12-17)25-2)24-13-16-8-9-21(22)20(11-16)18-6-4-10-23-14-18/h3-12,14-15,24H,13H2,1-2H3. The van der Waals surface area contributed by atoms with Crippen molar-refractivity contribution in [2.75, 3.05) is 7.11 Å². The van der Waals surface area contributed by atoms with Gasteiger partial charge >= 0.3 is 0 Å². The van der Waals surface area contributed by atoms with Crippen molar-refractivity contribution in [1.29, 1.82) is 0 Å². The molecule has 0 aliphatic heterocycles. The van der Waals surface area contributed by atoms with Gasteiger partial charge in [0, 0.05) is 41.1 Å². The van der Waals surface area contributed by atoms with E-state index in [2.05, 4.69) is 35.4 Å². The van der Waals surface area contributed by atoms with E-state index in [1.807, 2.05) is 42.6 Å². The zero-order valence-corrected chi connectivity index (χ0v) is 15.1. The van der Waals surface area contributed by atoms with Crippen molar-refractivity contribution in [1.82, 2.24) is 10.3 Å². The van der Waals surface area contributed by atoms with Crippen LogP contribution in [-0.4, -0.2) is 12.1 Å². The molecule has 25 heavy (non-hydrogen) atoms. The summed E-state index contributed by atoms with van der Waals surface area (Å²) in [4.78, 5) is 4.18. The molecule has 1 unspecified atom stereocenters. The van der Waals surface area contributed by atoms with Crippen LogP contribution < -0.4 is 10.1 Å². The molecule has 1 aromatic heterocycles. The summed E-state index contributed by atoms with van der Waals surface area (Å²) in [6, 6.07) is 18.4. The average molecular weight is 353 g/mol. The summed E-state index contributed by atoms with van der Waals surface area (Å²) in [5, 5.41) is 4.28. The SMILES string of the molecule is COc1cccc(C(C)NCc2ccc(Cl)c(-c3cccnc3)c2)c1. The predicted molar refractivity (Wildman–Crippen MR) is 103 cm³/mol. The summed E-state index contributed by atoms with van der Waals surface area (Å²) in [6.45, 7) is 2.90. The molecule has 0 fully saturated rings. The minimum absolute atomic E-state index is 0.215. The van der Waals surface area contributed by atoms with Gasteiger partial charge < -0.3 is 10.1 Å². The van der Waals surface area contributed by atoms with E-state index in [1.165, 1.54) is 11.1 Å². The van der Waals surface area contributed by atoms with E-state index in [9.17, 15) is 0 Å². The Morgan fingerprint density at radius 3 is 2.76 bits per heavy atom. The van der Waals surface area contributed by atoms with Gasteiger partial charge in [-0.3, -0.25) is 4.98 Å². The van der Waals surface area contributed by atoms with Crippen LogP contribution in [0.15, 0.2) is 67.0 Å². The van der Waals surface area contributed by atoms with Crippen LogP contribution in [0.3, 0.4) is 0 Å². The van der Waals surface area contributed by atoms with E-state index in [0.717, 1.165) is 28.4 Å². The summed E-state index contributed by atoms with van der Waals surface area (Å²) in [5.74, 6) is 0.872. The summed E-state index contributed by atoms with van der Waals surface area (Å²) >= 11 is 6.36. The Bertz CT molecular complexity index is 836. The third kappa shape index (κ3) is 4.38. The molecule has 0 saturated carbocycles. The van der Waals surface area contributed by atoms with E-state index in [1.54, 1.807) is 13.3 Å². The number of ether oxygens (including phenoxy) is 1. The second-order valence-corrected chi connectivity index (χ2v) is 6.34. The molecule has 1 atom stereocenters. The van der Waals surface area contributed by atoms with Crippen LogP contribution in [0.4, 0.5) is 0 Å². The smallest absolute Gasteiger partial charge is 0.119 e. The molecule has 3 nitrogen and oxygen atoms in total. The lowest BCUT2D eigenvalue weighted by Gasteiger charge is -2.16. The van der Waals surface area contributed by atoms with Crippen molar-refractivity contribution < 1.29 is 4.74 Å². The van der Waals surface area contributed by atoms with Gasteiger partial charge in [-0.05, 0) is 48.4 Å². The second-order valence-electron chi connectivity index (χ2n) is 5.94. The average Bonchev–Trinajstić information content (AvgIpc) is 2.67. The monoisotopic (exact) mass is 352 g/mol. The normalized spacial score (nSPS) is 12.0. The van der Waals surface area contributed by atoms with Crippen LogP contribution in [0, 0.1) is 0 Å². The van der Waals surface area contributed by atoms with E-state index >= 15 is 0 Å². The molecule has 0 bridgehead atoms. The molecule has 0 spiro atoms. The summed E-state index contributed by atoms with van der Waals surface area (Å²) in [5.41, 5.74) is 4.40. The maximum atomic E-state index is 6.36. The van der Waals surface area contributed by atoms with Gasteiger partial charge in [-0.25, -0.2) is 0 Å². The number of rotatable bonds is 6. The lowest BCUT2D eigenvalue weighted by molar-refractivity contribution is 0.413. The zero-order valence-electron chi connectivity index (χ0n) is 14.4. The maximum absolute atomic E-state index is 6.36. The van der Waals surface area contributed by atoms with Crippen molar-refractivity contribution >= 4 is 11.6 Å². The molecule has 0 amide bonds. The fourth-order valence-electron chi connectivity index (χ4n) is 2.73. The number of nitrogens with zero attached hydrogens (tertiary/aromatic N) is 1. The third-order valence-corrected chi connectivity index (χ3v) is 4.54. The van der Waals surface area contributed by atoms with Crippen LogP contribution in [0.25, 0.3) is 11.1 Å². The highest BCUT2D eigenvalue weighted by molar-refractivity contribution is 6.33. The maximum Gasteiger partial charge on any atom is 0.119 e. The van der Waals surface area contributed by atoms with Crippen molar-refractivity contribution in [3.8, 4) is 16.9 Å². The van der Waals surface area contributed by atoms with Crippen LogP contribution in [-0.2, 0) is 6.54 Å². The molecular weight excluding hydrogens is 332 g/mol. The minimum Gasteiger partial charge on any atom is -0.497 e. The number of aromatic nitrogens is 1. The summed E-state index contributed by atoms with van der Waals surface area (Å²) in [7, 11) is 1.69. The Morgan fingerprint density at radius 1 is 1.12 bits per heavy atom. The zero-order chi connectivity index (χ0) is 17.6. The van der Waals surface area contributed by atoms with E-state index in [0.29, 0.717) is 0 Å². The minimum atomic E-state index is 0.215. The summed E-state index contributed by atoms with van der Waals surface area (Å²) < 4.78 is 5.30. The fraction of sp³-hybridized carbons (Fsp3) is 0.190. The molecule has 1 N–H and O–H groups in total. The lowest BCUT2D eigenvalue weighted by Crippen LogP contribution is -2.18. The Balaban J connectivity index is 1.73. The highest BCUT2D eigenvalue weighted by Crippen LogP contribution is 2.28. The molecule has 0 aliphatic rings. The Labute approximate surface area is 153 Å². The molecule has 4 heteroatoms. The van der Waals surface area contributed by atoms with Crippen LogP contribution in [0.5, 0.6) is 5.75 Å². The van der Waals surface area contributed by atoms with Crippen molar-refractivity contribution in [2.45, 2.75) is 19.5 Å². The van der Waals surface area contributed by atoms with Crippen molar-refractivity contribution in [3.05, 3.63) is 83.1 Å². The number of methoxy groups -OCH3 is 1. The van der Waals surface area contributed by atoms with E-state index < -0.39 is 0 Å². The van der Waals surface area contributed by atoms with E-state index in [4.69, 9.17) is 16.3 Å². The Hall–Kier alpha value is -2.36. The molecule has 128 valence electrons. The van der Waals surface area contributed by atoms with Crippen LogP contribution in [0.1, 0.15) is 24.1 Å². The third-order valence-electron chi connectivity index (χ3n) is 4.21. The first-order chi connectivity index (χ1) is 12.2. The van der Waals surface area contributed by atoms with Gasteiger partial charge in [-0.2, -0.15) is 0 Å². The lowest BCUT2D eigenvalue weighted by atomic mass is 10.0. The fourth-order valence-corrected chi connectivity index (χ4v) is 2.95. The molecule has 1 heterocycles. The number of hydrogen-bond donors (Lipinski definition) is 1. The number of pyridine rings is 1. The number of halogens is 1. The largest absolute Gasteiger partial charge is 0.497 e. The topological polar surface area (TPSA) is 34.1 Å². The van der Waals surface area contributed by atoms with Gasteiger partial charge in [0.05, 0.1) is 7.11 Å².